The van der Waals surface area contributed by atoms with E-state index >= 15 is 0 Å². The molecule has 0 radical (unpaired) electrons. The van der Waals surface area contributed by atoms with Crippen LogP contribution in [-0.4, -0.2) is 72.7 Å². The van der Waals surface area contributed by atoms with Crippen molar-refractivity contribution in [2.75, 3.05) is 20.2 Å². The van der Waals surface area contributed by atoms with Crippen LogP contribution in [0.3, 0.4) is 0 Å². The highest BCUT2D eigenvalue weighted by Crippen LogP contribution is 2.03. The van der Waals surface area contributed by atoms with E-state index in [0.717, 1.165) is 4.90 Å². The molecule has 2 atom stereocenters. The molecule has 11 nitrogen and oxygen atoms in total. The van der Waals surface area contributed by atoms with Crippen molar-refractivity contribution in [1.29, 1.82) is 0 Å². The Balaban J connectivity index is 2.15. The Kier molecular flexibility index (Phi) is 10.2. The number of methoxy groups -OCH3 is 1. The van der Waals surface area contributed by atoms with Gasteiger partial charge in [-0.3, -0.25) is 28.9 Å². The topological polar surface area (TPSA) is 151 Å². The molecule has 166 valence electrons. The van der Waals surface area contributed by atoms with Crippen LogP contribution in [0.5, 0.6) is 0 Å². The lowest BCUT2D eigenvalue weighted by molar-refractivity contribution is -0.144. The van der Waals surface area contributed by atoms with Gasteiger partial charge in [-0.15, -0.1) is 0 Å². The summed E-state index contributed by atoms with van der Waals surface area (Å²) in [6.07, 6.45) is 3.60. The number of hydrogen-bond acceptors (Lipinski definition) is 7. The van der Waals surface area contributed by atoms with Crippen LogP contribution in [0.1, 0.15) is 39.5 Å². The number of hydrogen-bond donors (Lipinski definition) is 3. The summed E-state index contributed by atoms with van der Waals surface area (Å²) in [7, 11) is 1.21. The standard InChI is InChI=1S/C19H28N4O7/c1-12(18(28)22-13(2)19(29)30-3)21-15(25)7-5-4-6-14(24)20-10-11-23-16(26)8-9-17(23)27/h8-9,12-13H,4-7,10-11H2,1-3H3,(H,20,24)(H,21,25)(H,22,28)/t12-,13-/m0/s1. The van der Waals surface area contributed by atoms with Gasteiger partial charge in [0.05, 0.1) is 7.11 Å². The second-order valence-corrected chi connectivity index (χ2v) is 6.76. The molecule has 0 aromatic heterocycles. The van der Waals surface area contributed by atoms with E-state index in [1.807, 2.05) is 0 Å². The number of rotatable bonds is 12. The summed E-state index contributed by atoms with van der Waals surface area (Å²) < 4.78 is 4.51. The fraction of sp³-hybridized carbons (Fsp3) is 0.579. The van der Waals surface area contributed by atoms with E-state index in [0.29, 0.717) is 12.8 Å². The first kappa shape index (κ1) is 24.8. The fourth-order valence-corrected chi connectivity index (χ4v) is 2.57. The third-order valence-electron chi connectivity index (χ3n) is 4.30. The summed E-state index contributed by atoms with van der Waals surface area (Å²) >= 11 is 0. The van der Waals surface area contributed by atoms with Crippen molar-refractivity contribution in [2.45, 2.75) is 51.6 Å². The normalized spacial score (nSPS) is 14.8. The number of nitrogens with one attached hydrogen (secondary N) is 3. The van der Waals surface area contributed by atoms with Gasteiger partial charge in [-0.05, 0) is 26.7 Å². The summed E-state index contributed by atoms with van der Waals surface area (Å²) in [5.74, 6) is -2.48. The summed E-state index contributed by atoms with van der Waals surface area (Å²) in [5.41, 5.74) is 0. The molecule has 1 heterocycles. The smallest absolute Gasteiger partial charge is 0.328 e. The molecule has 0 aromatic rings. The van der Waals surface area contributed by atoms with Crippen LogP contribution >= 0.6 is 0 Å². The Morgan fingerprint density at radius 1 is 0.933 bits per heavy atom. The molecule has 0 aliphatic carbocycles. The van der Waals surface area contributed by atoms with Gasteiger partial charge in [-0.25, -0.2) is 4.79 Å². The Bertz CT molecular complexity index is 702. The number of amides is 5. The van der Waals surface area contributed by atoms with Crippen molar-refractivity contribution in [2.24, 2.45) is 0 Å². The maximum Gasteiger partial charge on any atom is 0.328 e. The maximum absolute atomic E-state index is 11.9. The van der Waals surface area contributed by atoms with E-state index in [9.17, 15) is 28.8 Å². The molecule has 0 aromatic carbocycles. The number of unbranched alkanes of at least 4 members (excludes halogenated alkanes) is 1. The van der Waals surface area contributed by atoms with Crippen LogP contribution in [0.2, 0.25) is 0 Å². The Morgan fingerprint density at radius 2 is 1.50 bits per heavy atom. The van der Waals surface area contributed by atoms with Crippen molar-refractivity contribution < 1.29 is 33.5 Å². The molecule has 1 aliphatic heterocycles. The molecule has 1 aliphatic rings. The van der Waals surface area contributed by atoms with E-state index in [2.05, 4.69) is 20.7 Å². The molecule has 3 N–H and O–H groups in total. The molecule has 11 heteroatoms. The molecular formula is C19H28N4O7. The van der Waals surface area contributed by atoms with Crippen LogP contribution in [0, 0.1) is 0 Å². The number of imide groups is 1. The van der Waals surface area contributed by atoms with Gasteiger partial charge >= 0.3 is 5.97 Å². The number of ether oxygens (including phenoxy) is 1. The summed E-state index contributed by atoms with van der Waals surface area (Å²) in [6, 6.07) is -1.64. The highest BCUT2D eigenvalue weighted by atomic mass is 16.5. The summed E-state index contributed by atoms with van der Waals surface area (Å²) in [5, 5.41) is 7.57. The second kappa shape index (κ2) is 12.3. The number of carbonyl (C=O) groups is 6. The van der Waals surface area contributed by atoms with Gasteiger partial charge < -0.3 is 20.7 Å². The largest absolute Gasteiger partial charge is 0.467 e. The van der Waals surface area contributed by atoms with Gasteiger partial charge in [0.15, 0.2) is 0 Å². The van der Waals surface area contributed by atoms with Gasteiger partial charge in [-0.2, -0.15) is 0 Å². The highest BCUT2D eigenvalue weighted by Gasteiger charge is 2.23. The molecular weight excluding hydrogens is 396 g/mol. The van der Waals surface area contributed by atoms with Crippen LogP contribution in [0.25, 0.3) is 0 Å². The van der Waals surface area contributed by atoms with Crippen molar-refractivity contribution in [3.63, 3.8) is 0 Å². The third-order valence-corrected chi connectivity index (χ3v) is 4.30. The SMILES string of the molecule is COC(=O)[C@H](C)NC(=O)[C@H](C)NC(=O)CCCCC(=O)NCCN1C(=O)C=CC1=O. The minimum absolute atomic E-state index is 0.105. The zero-order valence-electron chi connectivity index (χ0n) is 17.4. The zero-order valence-corrected chi connectivity index (χ0v) is 17.4. The van der Waals surface area contributed by atoms with E-state index in [4.69, 9.17) is 0 Å². The van der Waals surface area contributed by atoms with Crippen LogP contribution in [0.4, 0.5) is 0 Å². The van der Waals surface area contributed by atoms with Crippen LogP contribution in [-0.2, 0) is 33.5 Å². The quantitative estimate of drug-likeness (QED) is 0.202. The average Bonchev–Trinajstić information content (AvgIpc) is 3.02. The Labute approximate surface area is 174 Å². The molecule has 0 saturated carbocycles. The minimum Gasteiger partial charge on any atom is -0.467 e. The lowest BCUT2D eigenvalue weighted by atomic mass is 10.1. The van der Waals surface area contributed by atoms with Gasteiger partial charge in [0.25, 0.3) is 11.8 Å². The van der Waals surface area contributed by atoms with Crippen LogP contribution < -0.4 is 16.0 Å². The van der Waals surface area contributed by atoms with Crippen molar-refractivity contribution in [3.05, 3.63) is 12.2 Å². The predicted octanol–water partition coefficient (Wildman–Crippen LogP) is -1.23. The first-order valence-electron chi connectivity index (χ1n) is 9.63. The van der Waals surface area contributed by atoms with Gasteiger partial charge in [-0.1, -0.05) is 0 Å². The van der Waals surface area contributed by atoms with Crippen molar-refractivity contribution >= 4 is 35.5 Å². The molecule has 5 amide bonds. The van der Waals surface area contributed by atoms with E-state index < -0.39 is 35.8 Å². The minimum atomic E-state index is -0.821. The molecule has 0 spiro atoms. The lowest BCUT2D eigenvalue weighted by Crippen LogP contribution is -2.49. The fourth-order valence-electron chi connectivity index (χ4n) is 2.57. The summed E-state index contributed by atoms with van der Waals surface area (Å²) in [6.45, 7) is 3.24. The third kappa shape index (κ3) is 8.41. The first-order chi connectivity index (χ1) is 14.1. The second-order valence-electron chi connectivity index (χ2n) is 6.76. The first-order valence-corrected chi connectivity index (χ1v) is 9.63. The van der Waals surface area contributed by atoms with Crippen LogP contribution in [0.15, 0.2) is 12.2 Å². The predicted molar refractivity (Wildman–Crippen MR) is 105 cm³/mol. The maximum atomic E-state index is 11.9. The van der Waals surface area contributed by atoms with E-state index in [1.54, 1.807) is 0 Å². The van der Waals surface area contributed by atoms with Crippen molar-refractivity contribution in [1.82, 2.24) is 20.9 Å². The summed E-state index contributed by atoms with van der Waals surface area (Å²) in [4.78, 5) is 70.7. The van der Waals surface area contributed by atoms with Gasteiger partial charge in [0, 0.05) is 38.1 Å². The van der Waals surface area contributed by atoms with Gasteiger partial charge in [0.2, 0.25) is 17.7 Å². The molecule has 30 heavy (non-hydrogen) atoms. The number of esters is 1. The average molecular weight is 424 g/mol. The molecule has 0 saturated heterocycles. The molecule has 0 unspecified atom stereocenters. The molecule has 1 rings (SSSR count). The van der Waals surface area contributed by atoms with E-state index in [-0.39, 0.29) is 37.7 Å². The van der Waals surface area contributed by atoms with Crippen molar-refractivity contribution in [3.8, 4) is 0 Å². The molecule has 0 fully saturated rings. The number of nitrogens with zero attached hydrogens (tertiary/aromatic N) is 1. The lowest BCUT2D eigenvalue weighted by Gasteiger charge is -2.17. The Hall–Kier alpha value is -3.24. The molecule has 0 bridgehead atoms. The van der Waals surface area contributed by atoms with Gasteiger partial charge in [0.1, 0.15) is 12.1 Å². The monoisotopic (exact) mass is 424 g/mol. The highest BCUT2D eigenvalue weighted by molar-refractivity contribution is 6.12. The van der Waals surface area contributed by atoms with E-state index in [1.165, 1.54) is 33.1 Å². The Morgan fingerprint density at radius 3 is 2.07 bits per heavy atom. The zero-order chi connectivity index (χ0) is 22.7. The number of carbonyl (C=O) groups excluding carboxylic acids is 6.